The Kier molecular flexibility index (Phi) is 7.63. The Bertz CT molecular complexity index is 278. The van der Waals surface area contributed by atoms with Crippen LogP contribution in [0.4, 0.5) is 0 Å². The average molecular weight is 272 g/mol. The predicted octanol–water partition coefficient (Wildman–Crippen LogP) is -1.46. The molecular formula is C8H21N2O4PS. The van der Waals surface area contributed by atoms with E-state index in [0.717, 1.165) is 26.2 Å². The van der Waals surface area contributed by atoms with E-state index in [1.165, 1.54) is 0 Å². The second-order valence-electron chi connectivity index (χ2n) is 3.69. The molecule has 1 aliphatic heterocycles. The van der Waals surface area contributed by atoms with Gasteiger partial charge in [0.2, 0.25) is 0 Å². The van der Waals surface area contributed by atoms with E-state index in [1.54, 1.807) is 0 Å². The summed E-state index contributed by atoms with van der Waals surface area (Å²) < 4.78 is 29.6. The van der Waals surface area contributed by atoms with E-state index < -0.39 is 10.1 Å². The Hall–Kier alpha value is 0.220. The van der Waals surface area contributed by atoms with Gasteiger partial charge in [-0.1, -0.05) is 0 Å². The van der Waals surface area contributed by atoms with Crippen molar-refractivity contribution in [3.8, 4) is 0 Å². The van der Waals surface area contributed by atoms with Crippen LogP contribution in [0.1, 0.15) is 0 Å². The molecule has 98 valence electrons. The zero-order chi connectivity index (χ0) is 11.3. The monoisotopic (exact) mass is 272 g/mol. The van der Waals surface area contributed by atoms with E-state index >= 15 is 0 Å². The lowest BCUT2D eigenvalue weighted by Crippen LogP contribution is -2.48. The second-order valence-corrected chi connectivity index (χ2v) is 5.27. The fraction of sp³-hybridized carbons (Fsp3) is 1.00. The van der Waals surface area contributed by atoms with Crippen LogP contribution in [0, 0.1) is 0 Å². The zero-order valence-corrected chi connectivity index (χ0v) is 11.6. The maximum Gasteiger partial charge on any atom is 0.266 e. The van der Waals surface area contributed by atoms with E-state index in [1.807, 2.05) is 4.90 Å². The van der Waals surface area contributed by atoms with Crippen LogP contribution < -0.4 is 0 Å². The van der Waals surface area contributed by atoms with Gasteiger partial charge in [0.25, 0.3) is 10.1 Å². The molecular weight excluding hydrogens is 251 g/mol. The average Bonchev–Trinajstić information content (AvgIpc) is 2.16. The molecule has 0 spiro atoms. The Morgan fingerprint density at radius 1 is 1.00 bits per heavy atom. The quantitative estimate of drug-likeness (QED) is 0.470. The molecule has 1 aliphatic rings. The number of piperazine rings is 1. The first kappa shape index (κ1) is 16.2. The smallest absolute Gasteiger partial charge is 0.266 e. The van der Waals surface area contributed by atoms with Gasteiger partial charge in [0.05, 0.1) is 12.4 Å². The largest absolute Gasteiger partial charge is 0.395 e. The molecule has 0 aromatic heterocycles. The van der Waals surface area contributed by atoms with Crippen molar-refractivity contribution in [1.82, 2.24) is 9.80 Å². The highest BCUT2D eigenvalue weighted by Crippen LogP contribution is 2.01. The Morgan fingerprint density at radius 3 is 1.81 bits per heavy atom. The van der Waals surface area contributed by atoms with Gasteiger partial charge < -0.3 is 5.11 Å². The second kappa shape index (κ2) is 7.53. The van der Waals surface area contributed by atoms with Crippen molar-refractivity contribution < 1.29 is 18.1 Å². The molecule has 1 fully saturated rings. The van der Waals surface area contributed by atoms with Gasteiger partial charge >= 0.3 is 0 Å². The van der Waals surface area contributed by atoms with Crippen LogP contribution in [0.2, 0.25) is 0 Å². The highest BCUT2D eigenvalue weighted by atomic mass is 32.2. The minimum atomic E-state index is -3.84. The molecule has 0 aliphatic carbocycles. The molecule has 0 bridgehead atoms. The molecule has 0 radical (unpaired) electrons. The molecule has 1 atom stereocenters. The third-order valence-corrected chi connectivity index (χ3v) is 3.25. The number of aliphatic hydroxyl groups is 1. The van der Waals surface area contributed by atoms with Gasteiger partial charge in [0.1, 0.15) is 0 Å². The van der Waals surface area contributed by atoms with E-state index in [0.29, 0.717) is 13.1 Å². The van der Waals surface area contributed by atoms with Crippen molar-refractivity contribution in [2.45, 2.75) is 0 Å². The summed E-state index contributed by atoms with van der Waals surface area (Å²) in [4.78, 5) is 4.13. The van der Waals surface area contributed by atoms with E-state index in [4.69, 9.17) is 9.66 Å². The molecule has 0 aromatic rings. The molecule has 16 heavy (non-hydrogen) atoms. The van der Waals surface area contributed by atoms with Crippen molar-refractivity contribution in [1.29, 1.82) is 0 Å². The van der Waals surface area contributed by atoms with E-state index in [9.17, 15) is 8.42 Å². The van der Waals surface area contributed by atoms with Crippen LogP contribution in [0.15, 0.2) is 0 Å². The molecule has 0 aromatic carbocycles. The number of nitrogens with zero attached hydrogens (tertiary/aromatic N) is 2. The molecule has 1 unspecified atom stereocenters. The zero-order valence-electron chi connectivity index (χ0n) is 9.38. The molecule has 1 rings (SSSR count). The molecule has 8 heteroatoms. The normalized spacial score (nSPS) is 19.4. The maximum absolute atomic E-state index is 10.5. The molecule has 0 saturated carbocycles. The summed E-state index contributed by atoms with van der Waals surface area (Å²) in [5.41, 5.74) is 0. The van der Waals surface area contributed by atoms with Gasteiger partial charge in [0, 0.05) is 39.3 Å². The number of aliphatic hydroxyl groups excluding tert-OH is 1. The Balaban J connectivity index is 0.00000225. The van der Waals surface area contributed by atoms with Crippen LogP contribution in [0.3, 0.4) is 0 Å². The van der Waals surface area contributed by atoms with Crippen LogP contribution >= 0.6 is 9.90 Å². The van der Waals surface area contributed by atoms with Gasteiger partial charge in [-0.3, -0.25) is 14.4 Å². The lowest BCUT2D eigenvalue weighted by molar-refractivity contribution is 0.116. The third kappa shape index (κ3) is 6.73. The highest BCUT2D eigenvalue weighted by Gasteiger charge is 2.17. The van der Waals surface area contributed by atoms with Crippen LogP contribution in [0.5, 0.6) is 0 Å². The molecule has 0 amide bonds. The van der Waals surface area contributed by atoms with Crippen LogP contribution in [-0.2, 0) is 10.1 Å². The number of rotatable bonds is 5. The maximum atomic E-state index is 10.5. The number of β-amino-alcohol motifs (C(OH)–C–C–N with tert-alkyl or cyclic N) is 1. The fourth-order valence-corrected chi connectivity index (χ4v) is 2.11. The first-order valence-corrected chi connectivity index (χ1v) is 6.63. The summed E-state index contributed by atoms with van der Waals surface area (Å²) in [6.45, 7) is 4.46. The molecule has 6 nitrogen and oxygen atoms in total. The van der Waals surface area contributed by atoms with Gasteiger partial charge in [-0.25, -0.2) is 0 Å². The standard InChI is InChI=1S/C8H18N2O4S.H3P/c11-7-5-9-1-3-10(4-2-9)6-8-15(12,13)14;/h11H,1-8H2,(H,12,13,14);1H3. The third-order valence-electron chi connectivity index (χ3n) is 2.55. The minimum absolute atomic E-state index is 0. The SMILES string of the molecule is O=S(=O)(O)CCN1CCN(CCO)CC1.P. The summed E-state index contributed by atoms with van der Waals surface area (Å²) in [6, 6.07) is 0. The number of hydrogen-bond donors (Lipinski definition) is 2. The summed E-state index contributed by atoms with van der Waals surface area (Å²) >= 11 is 0. The minimum Gasteiger partial charge on any atom is -0.395 e. The lowest BCUT2D eigenvalue weighted by atomic mass is 10.3. The van der Waals surface area contributed by atoms with E-state index in [2.05, 4.69) is 4.90 Å². The summed E-state index contributed by atoms with van der Waals surface area (Å²) in [6.07, 6.45) is 0. The van der Waals surface area contributed by atoms with Crippen molar-refractivity contribution in [3.05, 3.63) is 0 Å². The van der Waals surface area contributed by atoms with Gasteiger partial charge in [-0.15, -0.1) is 0 Å². The van der Waals surface area contributed by atoms with Crippen LogP contribution in [-0.4, -0.2) is 79.5 Å². The van der Waals surface area contributed by atoms with Gasteiger partial charge in [-0.2, -0.15) is 18.3 Å². The summed E-state index contributed by atoms with van der Waals surface area (Å²) in [5, 5.41) is 8.73. The lowest BCUT2D eigenvalue weighted by Gasteiger charge is -2.33. The predicted molar refractivity (Wildman–Crippen MR) is 67.5 cm³/mol. The van der Waals surface area contributed by atoms with Crippen molar-refractivity contribution in [2.24, 2.45) is 0 Å². The topological polar surface area (TPSA) is 81.1 Å². The summed E-state index contributed by atoms with van der Waals surface area (Å²) in [7, 11) is -3.84. The first-order chi connectivity index (χ1) is 7.01. The number of hydrogen-bond acceptors (Lipinski definition) is 5. The molecule has 1 saturated heterocycles. The van der Waals surface area contributed by atoms with Crippen molar-refractivity contribution in [2.75, 3.05) is 51.6 Å². The van der Waals surface area contributed by atoms with Gasteiger partial charge in [0.15, 0.2) is 0 Å². The summed E-state index contributed by atoms with van der Waals surface area (Å²) in [5.74, 6) is -0.201. The first-order valence-electron chi connectivity index (χ1n) is 5.02. The van der Waals surface area contributed by atoms with E-state index in [-0.39, 0.29) is 22.3 Å². The Morgan fingerprint density at radius 2 is 1.44 bits per heavy atom. The highest BCUT2D eigenvalue weighted by molar-refractivity contribution is 7.85. The molecule has 2 N–H and O–H groups in total. The molecule has 1 heterocycles. The Labute approximate surface area is 100.0 Å². The fourth-order valence-electron chi connectivity index (χ4n) is 1.62. The van der Waals surface area contributed by atoms with Crippen molar-refractivity contribution in [3.63, 3.8) is 0 Å². The van der Waals surface area contributed by atoms with Crippen molar-refractivity contribution >= 4 is 20.0 Å². The van der Waals surface area contributed by atoms with Crippen LogP contribution in [0.25, 0.3) is 0 Å². The van der Waals surface area contributed by atoms with Gasteiger partial charge in [-0.05, 0) is 0 Å².